The summed E-state index contributed by atoms with van der Waals surface area (Å²) < 4.78 is 25.1. The molecule has 1 aliphatic rings. The van der Waals surface area contributed by atoms with Crippen LogP contribution >= 0.6 is 11.6 Å². The maximum atomic E-state index is 11.2. The number of halogens is 1. The molecule has 2 aromatic carbocycles. The van der Waals surface area contributed by atoms with Crippen LogP contribution in [0.15, 0.2) is 61.2 Å². The molecule has 1 saturated heterocycles. The summed E-state index contributed by atoms with van der Waals surface area (Å²) in [6.45, 7) is 4.04. The van der Waals surface area contributed by atoms with Crippen LogP contribution in [0.5, 0.6) is 17.2 Å². The maximum Gasteiger partial charge on any atom is 0.161 e. The van der Waals surface area contributed by atoms with Gasteiger partial charge in [-0.05, 0) is 42.3 Å². The van der Waals surface area contributed by atoms with Gasteiger partial charge in [0, 0.05) is 43.6 Å². The number of hydrogen-bond acceptors (Lipinski definition) is 7. The second kappa shape index (κ2) is 12.3. The van der Waals surface area contributed by atoms with Crippen LogP contribution in [0, 0.1) is 0 Å². The van der Waals surface area contributed by atoms with E-state index in [0.717, 1.165) is 18.5 Å². The standard InChI is InChI=1S/C26H32ClN3O5/c1-32-25-14-21(6-7-24(25)34-12-3-9-29-10-8-28-20-29)16-30-11-13-33-18-26(31,17-30)19-35-23-5-2-4-22(27)15-23/h2,4-8,10,14-15,20,31H,3,9,11-13,16-19H2,1H3. The van der Waals surface area contributed by atoms with Crippen molar-refractivity contribution in [3.05, 3.63) is 71.8 Å². The summed E-state index contributed by atoms with van der Waals surface area (Å²) in [5, 5.41) is 11.8. The van der Waals surface area contributed by atoms with Crippen molar-refractivity contribution in [2.75, 3.05) is 46.6 Å². The van der Waals surface area contributed by atoms with Crippen LogP contribution in [0.2, 0.25) is 5.02 Å². The Morgan fingerprint density at radius 3 is 2.89 bits per heavy atom. The minimum Gasteiger partial charge on any atom is -0.493 e. The molecule has 1 aliphatic heterocycles. The Morgan fingerprint density at radius 2 is 2.09 bits per heavy atom. The number of imidazole rings is 1. The molecule has 1 aromatic heterocycles. The number of rotatable bonds is 11. The summed E-state index contributed by atoms with van der Waals surface area (Å²) in [4.78, 5) is 6.21. The van der Waals surface area contributed by atoms with E-state index < -0.39 is 5.60 Å². The Kier molecular flexibility index (Phi) is 8.87. The fourth-order valence-corrected chi connectivity index (χ4v) is 4.21. The van der Waals surface area contributed by atoms with Crippen molar-refractivity contribution in [1.29, 1.82) is 0 Å². The Morgan fingerprint density at radius 1 is 1.17 bits per heavy atom. The van der Waals surface area contributed by atoms with E-state index in [1.54, 1.807) is 31.8 Å². The monoisotopic (exact) mass is 501 g/mol. The van der Waals surface area contributed by atoms with Gasteiger partial charge in [0.05, 0.1) is 33.3 Å². The smallest absolute Gasteiger partial charge is 0.161 e. The highest BCUT2D eigenvalue weighted by Gasteiger charge is 2.33. The van der Waals surface area contributed by atoms with Gasteiger partial charge in [0.2, 0.25) is 0 Å². The van der Waals surface area contributed by atoms with Gasteiger partial charge >= 0.3 is 0 Å². The van der Waals surface area contributed by atoms with Crippen LogP contribution in [0.1, 0.15) is 12.0 Å². The van der Waals surface area contributed by atoms with Crippen molar-refractivity contribution in [3.8, 4) is 17.2 Å². The van der Waals surface area contributed by atoms with Gasteiger partial charge in [0.15, 0.2) is 11.5 Å². The molecule has 0 spiro atoms. The van der Waals surface area contributed by atoms with Crippen LogP contribution in [0.3, 0.4) is 0 Å². The van der Waals surface area contributed by atoms with Gasteiger partial charge in [0.1, 0.15) is 18.0 Å². The Labute approximate surface area is 211 Å². The zero-order valence-electron chi connectivity index (χ0n) is 19.9. The molecule has 0 saturated carbocycles. The molecule has 188 valence electrons. The first-order valence-electron chi connectivity index (χ1n) is 11.7. The second-order valence-corrected chi connectivity index (χ2v) is 9.16. The summed E-state index contributed by atoms with van der Waals surface area (Å²) in [6.07, 6.45) is 6.37. The lowest BCUT2D eigenvalue weighted by Gasteiger charge is -2.30. The van der Waals surface area contributed by atoms with Crippen molar-refractivity contribution in [1.82, 2.24) is 14.5 Å². The minimum atomic E-state index is -1.14. The van der Waals surface area contributed by atoms with Crippen LogP contribution in [0.4, 0.5) is 0 Å². The molecule has 0 radical (unpaired) electrons. The van der Waals surface area contributed by atoms with Crippen LogP contribution < -0.4 is 14.2 Å². The Bertz CT molecular complexity index is 1060. The molecule has 1 fully saturated rings. The summed E-state index contributed by atoms with van der Waals surface area (Å²) in [7, 11) is 1.64. The molecule has 4 rings (SSSR count). The third-order valence-corrected chi connectivity index (χ3v) is 5.99. The van der Waals surface area contributed by atoms with Crippen LogP contribution in [-0.4, -0.2) is 71.8 Å². The van der Waals surface area contributed by atoms with Gasteiger partial charge in [0.25, 0.3) is 0 Å². The number of nitrogens with zero attached hydrogens (tertiary/aromatic N) is 3. The van der Waals surface area contributed by atoms with Gasteiger partial charge in [-0.15, -0.1) is 0 Å². The third-order valence-electron chi connectivity index (χ3n) is 5.76. The molecule has 0 amide bonds. The van der Waals surface area contributed by atoms with Gasteiger partial charge in [-0.1, -0.05) is 23.7 Å². The number of hydrogen-bond donors (Lipinski definition) is 1. The number of aliphatic hydroxyl groups is 1. The van der Waals surface area contributed by atoms with E-state index in [-0.39, 0.29) is 13.2 Å². The molecule has 0 aliphatic carbocycles. The highest BCUT2D eigenvalue weighted by Crippen LogP contribution is 2.29. The van der Waals surface area contributed by atoms with Crippen molar-refractivity contribution in [2.24, 2.45) is 0 Å². The fourth-order valence-electron chi connectivity index (χ4n) is 4.03. The summed E-state index contributed by atoms with van der Waals surface area (Å²) >= 11 is 6.04. The van der Waals surface area contributed by atoms with Crippen LogP contribution in [0.25, 0.3) is 0 Å². The molecule has 1 atom stereocenters. The third kappa shape index (κ3) is 7.60. The average Bonchev–Trinajstić information content (AvgIpc) is 3.30. The average molecular weight is 502 g/mol. The van der Waals surface area contributed by atoms with E-state index in [1.807, 2.05) is 41.1 Å². The van der Waals surface area contributed by atoms with Gasteiger partial charge in [-0.2, -0.15) is 0 Å². The molecule has 35 heavy (non-hydrogen) atoms. The molecular formula is C26H32ClN3O5. The zero-order valence-corrected chi connectivity index (χ0v) is 20.7. The van der Waals surface area contributed by atoms with Gasteiger partial charge in [-0.3, -0.25) is 4.90 Å². The number of methoxy groups -OCH3 is 1. The summed E-state index contributed by atoms with van der Waals surface area (Å²) in [5.74, 6) is 2.02. The van der Waals surface area contributed by atoms with Gasteiger partial charge in [-0.25, -0.2) is 4.98 Å². The van der Waals surface area contributed by atoms with Crippen LogP contribution in [-0.2, 0) is 17.8 Å². The molecular weight excluding hydrogens is 470 g/mol. The first-order valence-corrected chi connectivity index (χ1v) is 12.1. The Hall–Kier alpha value is -2.78. The first-order chi connectivity index (χ1) is 17.0. The largest absolute Gasteiger partial charge is 0.493 e. The molecule has 0 bridgehead atoms. The number of aryl methyl sites for hydroxylation is 1. The molecule has 1 unspecified atom stereocenters. The first kappa shape index (κ1) is 25.3. The maximum absolute atomic E-state index is 11.2. The number of ether oxygens (including phenoxy) is 4. The van der Waals surface area contributed by atoms with E-state index >= 15 is 0 Å². The lowest BCUT2D eigenvalue weighted by Crippen LogP contribution is -2.48. The summed E-state index contributed by atoms with van der Waals surface area (Å²) in [6, 6.07) is 13.1. The predicted molar refractivity (Wildman–Crippen MR) is 133 cm³/mol. The lowest BCUT2D eigenvalue weighted by atomic mass is 10.1. The van der Waals surface area contributed by atoms with E-state index in [9.17, 15) is 5.11 Å². The second-order valence-electron chi connectivity index (χ2n) is 8.72. The zero-order chi connectivity index (χ0) is 24.5. The van der Waals surface area contributed by atoms with Crippen molar-refractivity contribution in [2.45, 2.75) is 25.1 Å². The number of benzene rings is 2. The highest BCUT2D eigenvalue weighted by molar-refractivity contribution is 6.30. The highest BCUT2D eigenvalue weighted by atomic mass is 35.5. The molecule has 8 nitrogen and oxygen atoms in total. The Balaban J connectivity index is 1.32. The predicted octanol–water partition coefficient (Wildman–Crippen LogP) is 3.66. The molecule has 1 N–H and O–H groups in total. The molecule has 3 aromatic rings. The minimum absolute atomic E-state index is 0.110. The van der Waals surface area contributed by atoms with Crippen molar-refractivity contribution in [3.63, 3.8) is 0 Å². The molecule has 2 heterocycles. The SMILES string of the molecule is COc1cc(CN2CCOCC(O)(COc3cccc(Cl)c3)C2)ccc1OCCCn1ccnc1. The van der Waals surface area contributed by atoms with Crippen molar-refractivity contribution < 1.29 is 24.1 Å². The normalized spacial score (nSPS) is 18.7. The topological polar surface area (TPSA) is 78.2 Å². The lowest BCUT2D eigenvalue weighted by molar-refractivity contribution is -0.0646. The van der Waals surface area contributed by atoms with E-state index in [1.165, 1.54) is 0 Å². The summed E-state index contributed by atoms with van der Waals surface area (Å²) in [5.41, 5.74) is -0.0751. The fraction of sp³-hybridized carbons (Fsp3) is 0.423. The van der Waals surface area contributed by atoms with Crippen molar-refractivity contribution >= 4 is 11.6 Å². The number of β-amino-alcohol motifs (C(OH)–C–C–N with tert-alkyl or cyclic N) is 1. The molecule has 9 heteroatoms. The van der Waals surface area contributed by atoms with E-state index in [2.05, 4.69) is 9.88 Å². The number of aromatic nitrogens is 2. The quantitative estimate of drug-likeness (QED) is 0.402. The van der Waals surface area contributed by atoms with E-state index in [0.29, 0.717) is 55.1 Å². The van der Waals surface area contributed by atoms with Gasteiger partial charge < -0.3 is 28.6 Å². The van der Waals surface area contributed by atoms with E-state index in [4.69, 9.17) is 30.5 Å².